The summed E-state index contributed by atoms with van der Waals surface area (Å²) in [5.74, 6) is 0.772. The molecule has 2 nitrogen and oxygen atoms in total. The third-order valence-electron chi connectivity index (χ3n) is 3.40. The molecule has 3 heteroatoms. The molecule has 0 fully saturated rings. The summed E-state index contributed by atoms with van der Waals surface area (Å²) >= 11 is 0. The van der Waals surface area contributed by atoms with E-state index in [1.807, 2.05) is 0 Å². The van der Waals surface area contributed by atoms with Gasteiger partial charge in [0.1, 0.15) is 0 Å². The molecule has 0 aromatic heterocycles. The Morgan fingerprint density at radius 1 is 1.22 bits per heavy atom. The maximum absolute atomic E-state index is 11.1. The summed E-state index contributed by atoms with van der Waals surface area (Å²) < 4.78 is 11.1. The summed E-state index contributed by atoms with van der Waals surface area (Å²) in [6.45, 7) is 8.62. The van der Waals surface area contributed by atoms with Gasteiger partial charge >= 0.3 is 0 Å². The van der Waals surface area contributed by atoms with E-state index in [-0.39, 0.29) is 0 Å². The van der Waals surface area contributed by atoms with Crippen molar-refractivity contribution in [1.29, 1.82) is 0 Å². The SMILES string of the molecule is Cc1ccc(C(C)NC(C)CCS(C)=O)cc1C. The molecular formula is C15H25NOS. The fraction of sp³-hybridized carbons (Fsp3) is 0.600. The van der Waals surface area contributed by atoms with Crippen molar-refractivity contribution in [2.24, 2.45) is 0 Å². The van der Waals surface area contributed by atoms with E-state index in [9.17, 15) is 4.21 Å². The molecule has 102 valence electrons. The van der Waals surface area contributed by atoms with Crippen LogP contribution in [0.5, 0.6) is 0 Å². The first-order valence-electron chi connectivity index (χ1n) is 6.53. The van der Waals surface area contributed by atoms with Crippen LogP contribution in [0.2, 0.25) is 0 Å². The van der Waals surface area contributed by atoms with Crippen molar-refractivity contribution in [1.82, 2.24) is 5.32 Å². The Morgan fingerprint density at radius 2 is 1.89 bits per heavy atom. The van der Waals surface area contributed by atoms with Crippen molar-refractivity contribution >= 4 is 10.8 Å². The minimum absolute atomic E-state index is 0.338. The largest absolute Gasteiger partial charge is 0.308 e. The normalized spacial score (nSPS) is 16.3. The summed E-state index contributed by atoms with van der Waals surface area (Å²) in [6.07, 6.45) is 2.72. The van der Waals surface area contributed by atoms with Gasteiger partial charge in [-0.05, 0) is 50.8 Å². The molecule has 0 bridgehead atoms. The van der Waals surface area contributed by atoms with Crippen LogP contribution in [0.25, 0.3) is 0 Å². The zero-order valence-corrected chi connectivity index (χ0v) is 12.9. The first-order chi connectivity index (χ1) is 8.40. The molecule has 0 aliphatic rings. The Labute approximate surface area is 114 Å². The summed E-state index contributed by atoms with van der Waals surface area (Å²) in [7, 11) is -0.692. The lowest BCUT2D eigenvalue weighted by Crippen LogP contribution is -2.30. The number of hydrogen-bond acceptors (Lipinski definition) is 2. The van der Waals surface area contributed by atoms with E-state index < -0.39 is 10.8 Å². The highest BCUT2D eigenvalue weighted by Crippen LogP contribution is 2.17. The molecule has 3 atom stereocenters. The van der Waals surface area contributed by atoms with Crippen molar-refractivity contribution in [3.63, 3.8) is 0 Å². The van der Waals surface area contributed by atoms with Crippen LogP contribution in [0.1, 0.15) is 43.0 Å². The van der Waals surface area contributed by atoms with Crippen molar-refractivity contribution in [2.75, 3.05) is 12.0 Å². The van der Waals surface area contributed by atoms with Gasteiger partial charge in [0.25, 0.3) is 0 Å². The predicted octanol–water partition coefficient (Wildman–Crippen LogP) is 3.11. The summed E-state index contributed by atoms with van der Waals surface area (Å²) in [4.78, 5) is 0. The quantitative estimate of drug-likeness (QED) is 0.858. The fourth-order valence-corrected chi connectivity index (χ4v) is 2.67. The number of benzene rings is 1. The zero-order valence-electron chi connectivity index (χ0n) is 12.1. The monoisotopic (exact) mass is 267 g/mol. The molecular weight excluding hydrogens is 242 g/mol. The van der Waals surface area contributed by atoms with Gasteiger partial charge in [-0.1, -0.05) is 18.2 Å². The Hall–Kier alpha value is -0.670. The summed E-state index contributed by atoms with van der Waals surface area (Å²) in [5.41, 5.74) is 3.99. The van der Waals surface area contributed by atoms with E-state index in [0.29, 0.717) is 12.1 Å². The average Bonchev–Trinajstić information content (AvgIpc) is 2.30. The molecule has 3 unspecified atom stereocenters. The Bertz CT molecular complexity index is 417. The maximum atomic E-state index is 11.1. The standard InChI is InChI=1S/C15H25NOS/c1-11-6-7-15(10-12(11)2)14(4)16-13(3)8-9-18(5)17/h6-7,10,13-14,16H,8-9H2,1-5H3. The van der Waals surface area contributed by atoms with Crippen LogP contribution >= 0.6 is 0 Å². The molecule has 1 aromatic carbocycles. The first kappa shape index (κ1) is 15.4. The molecule has 0 aliphatic heterocycles. The zero-order chi connectivity index (χ0) is 13.7. The average molecular weight is 267 g/mol. The van der Waals surface area contributed by atoms with E-state index in [1.54, 1.807) is 6.26 Å². The van der Waals surface area contributed by atoms with Gasteiger partial charge in [-0.2, -0.15) is 0 Å². The molecule has 1 aromatic rings. The van der Waals surface area contributed by atoms with Crippen LogP contribution in [0.15, 0.2) is 18.2 Å². The van der Waals surface area contributed by atoms with Crippen molar-refractivity contribution < 1.29 is 4.21 Å². The molecule has 0 radical (unpaired) electrons. The van der Waals surface area contributed by atoms with Crippen LogP contribution in [-0.2, 0) is 10.8 Å². The van der Waals surface area contributed by atoms with Gasteiger partial charge in [0.05, 0.1) is 0 Å². The minimum atomic E-state index is -0.692. The highest BCUT2D eigenvalue weighted by Gasteiger charge is 2.10. The second kappa shape index (κ2) is 7.05. The molecule has 0 amide bonds. The van der Waals surface area contributed by atoms with Crippen LogP contribution in [-0.4, -0.2) is 22.3 Å². The van der Waals surface area contributed by atoms with Gasteiger partial charge in [0.2, 0.25) is 0 Å². The Morgan fingerprint density at radius 3 is 2.44 bits per heavy atom. The van der Waals surface area contributed by atoms with Crippen molar-refractivity contribution in [2.45, 2.75) is 46.2 Å². The van der Waals surface area contributed by atoms with E-state index in [0.717, 1.165) is 12.2 Å². The summed E-state index contributed by atoms with van der Waals surface area (Å²) in [5, 5.41) is 3.56. The van der Waals surface area contributed by atoms with E-state index in [2.05, 4.69) is 51.2 Å². The van der Waals surface area contributed by atoms with E-state index in [4.69, 9.17) is 0 Å². The molecule has 18 heavy (non-hydrogen) atoms. The van der Waals surface area contributed by atoms with Crippen molar-refractivity contribution in [3.05, 3.63) is 34.9 Å². The first-order valence-corrected chi connectivity index (χ1v) is 8.26. The summed E-state index contributed by atoms with van der Waals surface area (Å²) in [6, 6.07) is 7.34. The third-order valence-corrected chi connectivity index (χ3v) is 4.21. The van der Waals surface area contributed by atoms with Gasteiger partial charge in [-0.3, -0.25) is 4.21 Å². The van der Waals surface area contributed by atoms with Gasteiger partial charge in [0.15, 0.2) is 0 Å². The van der Waals surface area contributed by atoms with Gasteiger partial charge in [0, 0.05) is 34.9 Å². The number of rotatable bonds is 6. The minimum Gasteiger partial charge on any atom is -0.308 e. The molecule has 1 N–H and O–H groups in total. The maximum Gasteiger partial charge on any atom is 0.0294 e. The number of aryl methyl sites for hydroxylation is 2. The second-order valence-corrected chi connectivity index (χ2v) is 6.75. The third kappa shape index (κ3) is 4.91. The van der Waals surface area contributed by atoms with Gasteiger partial charge in [-0.15, -0.1) is 0 Å². The fourth-order valence-electron chi connectivity index (χ4n) is 1.98. The van der Waals surface area contributed by atoms with Gasteiger partial charge < -0.3 is 5.32 Å². The lowest BCUT2D eigenvalue weighted by atomic mass is 10.0. The number of nitrogens with one attached hydrogen (secondary N) is 1. The van der Waals surface area contributed by atoms with Crippen LogP contribution in [0.4, 0.5) is 0 Å². The van der Waals surface area contributed by atoms with Crippen molar-refractivity contribution in [3.8, 4) is 0 Å². The lowest BCUT2D eigenvalue weighted by Gasteiger charge is -2.20. The van der Waals surface area contributed by atoms with Crippen LogP contribution in [0, 0.1) is 13.8 Å². The smallest absolute Gasteiger partial charge is 0.0294 e. The molecule has 0 aliphatic carbocycles. The Kier molecular flexibility index (Phi) is 6.03. The molecule has 1 rings (SSSR count). The van der Waals surface area contributed by atoms with E-state index in [1.165, 1.54) is 16.7 Å². The number of hydrogen-bond donors (Lipinski definition) is 1. The van der Waals surface area contributed by atoms with Crippen LogP contribution in [0.3, 0.4) is 0 Å². The van der Waals surface area contributed by atoms with E-state index >= 15 is 0 Å². The predicted molar refractivity (Wildman–Crippen MR) is 80.5 cm³/mol. The second-order valence-electron chi connectivity index (χ2n) is 5.20. The molecule has 0 saturated carbocycles. The highest BCUT2D eigenvalue weighted by molar-refractivity contribution is 7.84. The lowest BCUT2D eigenvalue weighted by molar-refractivity contribution is 0.470. The topological polar surface area (TPSA) is 29.1 Å². The Balaban J connectivity index is 2.56. The molecule has 0 saturated heterocycles. The van der Waals surface area contributed by atoms with Crippen LogP contribution < -0.4 is 5.32 Å². The van der Waals surface area contributed by atoms with Gasteiger partial charge in [-0.25, -0.2) is 0 Å². The molecule has 0 heterocycles. The highest BCUT2D eigenvalue weighted by atomic mass is 32.2. The molecule has 0 spiro atoms.